The number of nitriles is 1. The van der Waals surface area contributed by atoms with Gasteiger partial charge in [-0.3, -0.25) is 0 Å². The van der Waals surface area contributed by atoms with Crippen molar-refractivity contribution < 1.29 is 9.90 Å². The number of aryl methyl sites for hydroxylation is 1. The third-order valence-electron chi connectivity index (χ3n) is 5.00. The van der Waals surface area contributed by atoms with E-state index in [0.29, 0.717) is 17.5 Å². The molecule has 2 fully saturated rings. The molecule has 0 radical (unpaired) electrons. The highest BCUT2D eigenvalue weighted by atomic mass is 16.4. The van der Waals surface area contributed by atoms with E-state index in [1.165, 1.54) is 12.8 Å². The number of nitrogens with zero attached hydrogens (tertiary/aromatic N) is 2. The van der Waals surface area contributed by atoms with Crippen LogP contribution < -0.4 is 4.90 Å². The van der Waals surface area contributed by atoms with Gasteiger partial charge in [-0.2, -0.15) is 5.26 Å². The summed E-state index contributed by atoms with van der Waals surface area (Å²) in [5, 5.41) is 18.6. The largest absolute Gasteiger partial charge is 0.480 e. The molecule has 0 aromatic heterocycles. The standard InChI is InChI=1S/C17H20N2O2/c1-11-8-14(7-6-13(11)10-18)19-15-5-3-2-4-12(15)9-16(19)17(20)21/h6-8,12,15-16H,2-5,9H2,1H3,(H,20,21). The zero-order chi connectivity index (χ0) is 15.0. The lowest BCUT2D eigenvalue weighted by molar-refractivity contribution is -0.138. The van der Waals surface area contributed by atoms with E-state index in [1.54, 1.807) is 6.07 Å². The molecule has 0 spiro atoms. The summed E-state index contributed by atoms with van der Waals surface area (Å²) in [5.41, 5.74) is 2.52. The second-order valence-corrected chi connectivity index (χ2v) is 6.22. The quantitative estimate of drug-likeness (QED) is 0.906. The number of fused-ring (bicyclic) bond motifs is 1. The van der Waals surface area contributed by atoms with Gasteiger partial charge in [-0.05, 0) is 55.9 Å². The van der Waals surface area contributed by atoms with Gasteiger partial charge in [0.1, 0.15) is 6.04 Å². The maximum absolute atomic E-state index is 11.6. The zero-order valence-corrected chi connectivity index (χ0v) is 12.2. The fraction of sp³-hybridized carbons (Fsp3) is 0.529. The summed E-state index contributed by atoms with van der Waals surface area (Å²) in [4.78, 5) is 13.7. The summed E-state index contributed by atoms with van der Waals surface area (Å²) in [6.45, 7) is 1.91. The summed E-state index contributed by atoms with van der Waals surface area (Å²) < 4.78 is 0. The van der Waals surface area contributed by atoms with E-state index >= 15 is 0 Å². The minimum absolute atomic E-state index is 0.340. The van der Waals surface area contributed by atoms with E-state index in [0.717, 1.165) is 30.5 Å². The Morgan fingerprint density at radius 3 is 2.81 bits per heavy atom. The molecule has 2 aliphatic rings. The van der Waals surface area contributed by atoms with E-state index in [1.807, 2.05) is 19.1 Å². The van der Waals surface area contributed by atoms with Crippen LogP contribution in [0.1, 0.15) is 43.2 Å². The summed E-state index contributed by atoms with van der Waals surface area (Å²) in [6, 6.07) is 7.75. The van der Waals surface area contributed by atoms with Gasteiger partial charge in [-0.25, -0.2) is 4.79 Å². The number of hydrogen-bond donors (Lipinski definition) is 1. The number of hydrogen-bond acceptors (Lipinski definition) is 3. The van der Waals surface area contributed by atoms with Crippen molar-refractivity contribution in [3.05, 3.63) is 29.3 Å². The molecule has 1 aliphatic heterocycles. The van der Waals surface area contributed by atoms with E-state index in [2.05, 4.69) is 11.0 Å². The average Bonchev–Trinajstić information content (AvgIpc) is 2.86. The number of carbonyl (C=O) groups is 1. The van der Waals surface area contributed by atoms with E-state index in [-0.39, 0.29) is 0 Å². The molecule has 1 aromatic carbocycles. The molecule has 1 aromatic rings. The van der Waals surface area contributed by atoms with E-state index in [9.17, 15) is 9.90 Å². The Labute approximate surface area is 125 Å². The number of benzene rings is 1. The maximum Gasteiger partial charge on any atom is 0.326 e. The first-order chi connectivity index (χ1) is 10.1. The molecule has 4 heteroatoms. The highest BCUT2D eigenvalue weighted by Crippen LogP contribution is 2.42. The van der Waals surface area contributed by atoms with Gasteiger partial charge in [0, 0.05) is 11.7 Å². The number of carboxylic acid groups (broad SMARTS) is 1. The molecule has 1 heterocycles. The minimum Gasteiger partial charge on any atom is -0.480 e. The lowest BCUT2D eigenvalue weighted by Gasteiger charge is -2.35. The first-order valence-electron chi connectivity index (χ1n) is 7.63. The van der Waals surface area contributed by atoms with Crippen molar-refractivity contribution in [2.45, 2.75) is 51.1 Å². The smallest absolute Gasteiger partial charge is 0.326 e. The summed E-state index contributed by atoms with van der Waals surface area (Å²) in [6.07, 6.45) is 5.36. The number of aliphatic carboxylic acids is 1. The van der Waals surface area contributed by atoms with Gasteiger partial charge in [0.2, 0.25) is 0 Å². The summed E-state index contributed by atoms with van der Waals surface area (Å²) >= 11 is 0. The van der Waals surface area contributed by atoms with Gasteiger partial charge in [0.25, 0.3) is 0 Å². The van der Waals surface area contributed by atoms with Gasteiger partial charge < -0.3 is 10.0 Å². The molecule has 1 saturated carbocycles. The topological polar surface area (TPSA) is 64.3 Å². The molecule has 1 saturated heterocycles. The normalized spacial score (nSPS) is 28.0. The van der Waals surface area contributed by atoms with E-state index < -0.39 is 12.0 Å². The fourth-order valence-electron chi connectivity index (χ4n) is 3.99. The van der Waals surface area contributed by atoms with Gasteiger partial charge in [0.05, 0.1) is 11.6 Å². The van der Waals surface area contributed by atoms with Gasteiger partial charge in [0.15, 0.2) is 0 Å². The highest BCUT2D eigenvalue weighted by Gasteiger charge is 2.45. The second-order valence-electron chi connectivity index (χ2n) is 6.22. The second kappa shape index (κ2) is 5.40. The van der Waals surface area contributed by atoms with Crippen LogP contribution in [0.25, 0.3) is 0 Å². The monoisotopic (exact) mass is 284 g/mol. The lowest BCUT2D eigenvalue weighted by Crippen LogP contribution is -2.42. The van der Waals surface area contributed by atoms with Crippen LogP contribution in [0.5, 0.6) is 0 Å². The van der Waals surface area contributed by atoms with E-state index in [4.69, 9.17) is 5.26 Å². The molecule has 4 nitrogen and oxygen atoms in total. The van der Waals surface area contributed by atoms with Crippen LogP contribution in [-0.4, -0.2) is 23.2 Å². The third kappa shape index (κ3) is 2.37. The van der Waals surface area contributed by atoms with Crippen LogP contribution in [0, 0.1) is 24.2 Å². The molecule has 0 amide bonds. The first-order valence-corrected chi connectivity index (χ1v) is 7.63. The van der Waals surface area contributed by atoms with Crippen LogP contribution in [-0.2, 0) is 4.79 Å². The number of anilines is 1. The average molecular weight is 284 g/mol. The van der Waals surface area contributed by atoms with Gasteiger partial charge in [-0.1, -0.05) is 12.8 Å². The molecule has 0 bridgehead atoms. The highest BCUT2D eigenvalue weighted by molar-refractivity contribution is 5.79. The van der Waals surface area contributed by atoms with Crippen molar-refractivity contribution in [1.29, 1.82) is 5.26 Å². The lowest BCUT2D eigenvalue weighted by atomic mass is 9.84. The zero-order valence-electron chi connectivity index (χ0n) is 12.2. The Balaban J connectivity index is 1.98. The first kappa shape index (κ1) is 13.9. The van der Waals surface area contributed by atoms with Crippen molar-refractivity contribution in [1.82, 2.24) is 0 Å². The van der Waals surface area contributed by atoms with Crippen LogP contribution in [0.4, 0.5) is 5.69 Å². The maximum atomic E-state index is 11.6. The molecule has 1 N–H and O–H groups in total. The van der Waals surface area contributed by atoms with Crippen molar-refractivity contribution in [2.75, 3.05) is 4.90 Å². The van der Waals surface area contributed by atoms with Gasteiger partial charge in [-0.15, -0.1) is 0 Å². The Kier molecular flexibility index (Phi) is 3.59. The number of carboxylic acids is 1. The predicted molar refractivity (Wildman–Crippen MR) is 80.2 cm³/mol. The summed E-state index contributed by atoms with van der Waals surface area (Å²) in [5.74, 6) is -0.234. The Bertz CT molecular complexity index is 605. The number of rotatable bonds is 2. The SMILES string of the molecule is Cc1cc(N2C(C(=O)O)CC3CCCCC32)ccc1C#N. The Morgan fingerprint density at radius 2 is 2.14 bits per heavy atom. The minimum atomic E-state index is -0.730. The van der Waals surface area contributed by atoms with Crippen molar-refractivity contribution in [3.8, 4) is 6.07 Å². The molecule has 21 heavy (non-hydrogen) atoms. The molecule has 3 atom stereocenters. The Morgan fingerprint density at radius 1 is 1.38 bits per heavy atom. The van der Waals surface area contributed by atoms with Crippen molar-refractivity contribution in [3.63, 3.8) is 0 Å². The van der Waals surface area contributed by atoms with Crippen LogP contribution in [0.3, 0.4) is 0 Å². The third-order valence-corrected chi connectivity index (χ3v) is 5.00. The molecular weight excluding hydrogens is 264 g/mol. The Hall–Kier alpha value is -2.02. The van der Waals surface area contributed by atoms with Crippen LogP contribution in [0.2, 0.25) is 0 Å². The van der Waals surface area contributed by atoms with Crippen LogP contribution in [0.15, 0.2) is 18.2 Å². The molecular formula is C17H20N2O2. The van der Waals surface area contributed by atoms with Gasteiger partial charge >= 0.3 is 5.97 Å². The molecule has 110 valence electrons. The molecule has 3 rings (SSSR count). The molecule has 3 unspecified atom stereocenters. The fourth-order valence-corrected chi connectivity index (χ4v) is 3.99. The van der Waals surface area contributed by atoms with Crippen molar-refractivity contribution in [2.24, 2.45) is 5.92 Å². The molecule has 1 aliphatic carbocycles. The van der Waals surface area contributed by atoms with Crippen LogP contribution >= 0.6 is 0 Å². The summed E-state index contributed by atoms with van der Waals surface area (Å²) in [7, 11) is 0. The van der Waals surface area contributed by atoms with Crippen molar-refractivity contribution >= 4 is 11.7 Å². The predicted octanol–water partition coefficient (Wildman–Crippen LogP) is 3.09.